The van der Waals surface area contributed by atoms with Crippen LogP contribution in [0.2, 0.25) is 10.0 Å². The molecule has 144 valence electrons. The van der Waals surface area contributed by atoms with E-state index in [0.717, 1.165) is 10.5 Å². The fourth-order valence-corrected chi connectivity index (χ4v) is 3.25. The second-order valence-electron chi connectivity index (χ2n) is 6.10. The van der Waals surface area contributed by atoms with Gasteiger partial charge in [0.1, 0.15) is 17.1 Å². The van der Waals surface area contributed by atoms with E-state index >= 15 is 0 Å². The molecule has 4 amide bonds. The number of urea groups is 1. The molecule has 6 nitrogen and oxygen atoms in total. The van der Waals surface area contributed by atoms with Crippen LogP contribution in [0.25, 0.3) is 17.4 Å². The summed E-state index contributed by atoms with van der Waals surface area (Å²) in [6.45, 7) is 0. The Balaban J connectivity index is 1.71. The number of nitrogens with one attached hydrogen (secondary N) is 1. The molecular formula is C21H12Cl2N2O4. The van der Waals surface area contributed by atoms with Crippen LogP contribution in [0.3, 0.4) is 0 Å². The van der Waals surface area contributed by atoms with Gasteiger partial charge in [0.15, 0.2) is 0 Å². The van der Waals surface area contributed by atoms with Crippen LogP contribution in [0.5, 0.6) is 0 Å². The molecule has 8 heteroatoms. The largest absolute Gasteiger partial charge is 0.457 e. The molecule has 1 aliphatic rings. The standard InChI is InChI=1S/C21H12Cl2N2O4/c22-15-7-4-8-16(18(15)23)25-20(27)14(19(26)24-21(25)28)11-13-9-10-17(29-13)12-5-2-1-3-6-12/h1-11H,(H,24,26,28)/b14-11+. The van der Waals surface area contributed by atoms with E-state index in [1.54, 1.807) is 18.2 Å². The highest BCUT2D eigenvalue weighted by Gasteiger charge is 2.38. The molecule has 0 aliphatic carbocycles. The monoisotopic (exact) mass is 426 g/mol. The molecule has 0 unspecified atom stereocenters. The first-order valence-corrected chi connectivity index (χ1v) is 9.22. The second-order valence-corrected chi connectivity index (χ2v) is 6.88. The Morgan fingerprint density at radius 2 is 1.66 bits per heavy atom. The predicted molar refractivity (Wildman–Crippen MR) is 110 cm³/mol. The summed E-state index contributed by atoms with van der Waals surface area (Å²) in [7, 11) is 0. The van der Waals surface area contributed by atoms with Crippen LogP contribution in [0.1, 0.15) is 5.76 Å². The highest BCUT2D eigenvalue weighted by atomic mass is 35.5. The van der Waals surface area contributed by atoms with Gasteiger partial charge in [-0.05, 0) is 30.3 Å². The molecule has 2 aromatic carbocycles. The maximum atomic E-state index is 12.9. The summed E-state index contributed by atoms with van der Waals surface area (Å²) < 4.78 is 5.72. The Labute approximate surface area is 175 Å². The Kier molecular flexibility index (Phi) is 4.96. The van der Waals surface area contributed by atoms with Gasteiger partial charge in [0, 0.05) is 5.56 Å². The van der Waals surface area contributed by atoms with Gasteiger partial charge < -0.3 is 4.42 Å². The zero-order chi connectivity index (χ0) is 20.5. The second kappa shape index (κ2) is 7.58. The van der Waals surface area contributed by atoms with E-state index in [-0.39, 0.29) is 27.1 Å². The van der Waals surface area contributed by atoms with Crippen LogP contribution in [0.4, 0.5) is 10.5 Å². The summed E-state index contributed by atoms with van der Waals surface area (Å²) in [6, 6.07) is 16.3. The first-order chi connectivity index (χ1) is 14.0. The van der Waals surface area contributed by atoms with E-state index in [0.29, 0.717) is 5.76 Å². The Hall–Kier alpha value is -3.35. The fourth-order valence-electron chi connectivity index (χ4n) is 2.87. The highest BCUT2D eigenvalue weighted by Crippen LogP contribution is 2.34. The summed E-state index contributed by atoms with van der Waals surface area (Å²) in [4.78, 5) is 38.3. The van der Waals surface area contributed by atoms with E-state index in [2.05, 4.69) is 5.32 Å². The summed E-state index contributed by atoms with van der Waals surface area (Å²) in [5, 5.41) is 2.33. The number of barbiturate groups is 1. The molecule has 1 saturated heterocycles. The smallest absolute Gasteiger partial charge is 0.336 e. The van der Waals surface area contributed by atoms with Crippen molar-refractivity contribution in [2.75, 3.05) is 4.90 Å². The normalized spacial score (nSPS) is 15.7. The van der Waals surface area contributed by atoms with Crippen LogP contribution in [-0.4, -0.2) is 17.8 Å². The predicted octanol–water partition coefficient (Wildman–Crippen LogP) is 4.92. The average molecular weight is 427 g/mol. The third-order valence-corrected chi connectivity index (χ3v) is 5.05. The Morgan fingerprint density at radius 1 is 0.897 bits per heavy atom. The van der Waals surface area contributed by atoms with Crippen LogP contribution in [0, 0.1) is 0 Å². The van der Waals surface area contributed by atoms with Crippen LogP contribution in [-0.2, 0) is 9.59 Å². The van der Waals surface area contributed by atoms with Crippen LogP contribution < -0.4 is 10.2 Å². The first kappa shape index (κ1) is 19.0. The molecule has 0 atom stereocenters. The number of carbonyl (C=O) groups excluding carboxylic acids is 3. The van der Waals surface area contributed by atoms with Gasteiger partial charge in [0.25, 0.3) is 11.8 Å². The number of hydrogen-bond donors (Lipinski definition) is 1. The summed E-state index contributed by atoms with van der Waals surface area (Å²) in [5.41, 5.74) is 0.651. The van der Waals surface area contributed by atoms with Crippen molar-refractivity contribution >= 4 is 52.8 Å². The highest BCUT2D eigenvalue weighted by molar-refractivity contribution is 6.46. The van der Waals surface area contributed by atoms with Crippen molar-refractivity contribution < 1.29 is 18.8 Å². The van der Waals surface area contributed by atoms with Crippen molar-refractivity contribution in [3.8, 4) is 11.3 Å². The maximum Gasteiger partial charge on any atom is 0.336 e. The van der Waals surface area contributed by atoms with Crippen molar-refractivity contribution in [1.29, 1.82) is 0 Å². The summed E-state index contributed by atoms with van der Waals surface area (Å²) in [5.74, 6) is -0.798. The molecule has 0 saturated carbocycles. The molecule has 1 N–H and O–H groups in total. The number of furan rings is 1. The number of amides is 4. The molecule has 0 spiro atoms. The van der Waals surface area contributed by atoms with Crippen molar-refractivity contribution in [3.05, 3.63) is 82.0 Å². The molecular weight excluding hydrogens is 415 g/mol. The number of benzene rings is 2. The molecule has 0 radical (unpaired) electrons. The van der Waals surface area contributed by atoms with Gasteiger partial charge in [0.2, 0.25) is 0 Å². The number of carbonyl (C=O) groups is 3. The van der Waals surface area contributed by atoms with Gasteiger partial charge in [-0.25, -0.2) is 9.69 Å². The average Bonchev–Trinajstić information content (AvgIpc) is 3.18. The van der Waals surface area contributed by atoms with E-state index in [9.17, 15) is 14.4 Å². The lowest BCUT2D eigenvalue weighted by molar-refractivity contribution is -0.122. The number of nitrogens with zero attached hydrogens (tertiary/aromatic N) is 1. The van der Waals surface area contributed by atoms with Crippen molar-refractivity contribution in [3.63, 3.8) is 0 Å². The zero-order valence-corrected chi connectivity index (χ0v) is 16.2. The van der Waals surface area contributed by atoms with Gasteiger partial charge in [-0.15, -0.1) is 0 Å². The lowest BCUT2D eigenvalue weighted by Crippen LogP contribution is -2.54. The van der Waals surface area contributed by atoms with E-state index in [4.69, 9.17) is 27.6 Å². The number of imide groups is 2. The number of halogens is 2. The minimum absolute atomic E-state index is 0.0238. The number of rotatable bonds is 3. The SMILES string of the molecule is O=C1NC(=O)N(c2cccc(Cl)c2Cl)C(=O)/C1=C/c1ccc(-c2ccccc2)o1. The van der Waals surface area contributed by atoms with Crippen molar-refractivity contribution in [2.45, 2.75) is 0 Å². The topological polar surface area (TPSA) is 79.6 Å². The van der Waals surface area contributed by atoms with E-state index in [1.165, 1.54) is 18.2 Å². The van der Waals surface area contributed by atoms with Gasteiger partial charge in [0.05, 0.1) is 15.7 Å². The number of hydrogen-bond acceptors (Lipinski definition) is 4. The first-order valence-electron chi connectivity index (χ1n) is 8.46. The minimum atomic E-state index is -0.911. The Bertz CT molecular complexity index is 1170. The minimum Gasteiger partial charge on any atom is -0.457 e. The van der Waals surface area contributed by atoms with Gasteiger partial charge in [-0.1, -0.05) is 59.6 Å². The third kappa shape index (κ3) is 3.55. The molecule has 29 heavy (non-hydrogen) atoms. The van der Waals surface area contributed by atoms with E-state index in [1.807, 2.05) is 30.3 Å². The summed E-state index contributed by atoms with van der Waals surface area (Å²) >= 11 is 12.1. The van der Waals surface area contributed by atoms with Crippen LogP contribution >= 0.6 is 23.2 Å². The van der Waals surface area contributed by atoms with Gasteiger partial charge in [-0.3, -0.25) is 14.9 Å². The maximum absolute atomic E-state index is 12.9. The van der Waals surface area contributed by atoms with Gasteiger partial charge in [-0.2, -0.15) is 0 Å². The molecule has 4 rings (SSSR count). The Morgan fingerprint density at radius 3 is 2.41 bits per heavy atom. The molecule has 1 aromatic heterocycles. The molecule has 1 fully saturated rings. The van der Waals surface area contributed by atoms with E-state index < -0.39 is 17.8 Å². The van der Waals surface area contributed by atoms with Crippen LogP contribution in [0.15, 0.2) is 70.7 Å². The van der Waals surface area contributed by atoms with Crippen molar-refractivity contribution in [1.82, 2.24) is 5.32 Å². The fraction of sp³-hybridized carbons (Fsp3) is 0. The quantitative estimate of drug-likeness (QED) is 0.476. The molecule has 3 aromatic rings. The van der Waals surface area contributed by atoms with Gasteiger partial charge >= 0.3 is 6.03 Å². The van der Waals surface area contributed by atoms with Crippen molar-refractivity contribution in [2.24, 2.45) is 0 Å². The molecule has 1 aliphatic heterocycles. The molecule has 2 heterocycles. The lowest BCUT2D eigenvalue weighted by atomic mass is 10.1. The zero-order valence-electron chi connectivity index (χ0n) is 14.7. The summed E-state index contributed by atoms with van der Waals surface area (Å²) in [6.07, 6.45) is 1.28. The third-order valence-electron chi connectivity index (χ3n) is 4.25. The number of anilines is 1. The lowest BCUT2D eigenvalue weighted by Gasteiger charge is -2.27. The molecule has 0 bridgehead atoms.